The zero-order valence-corrected chi connectivity index (χ0v) is 17.6. The quantitative estimate of drug-likeness (QED) is 0.772. The summed E-state index contributed by atoms with van der Waals surface area (Å²) in [6, 6.07) is 14.1. The van der Waals surface area contributed by atoms with Gasteiger partial charge in [0.2, 0.25) is 0 Å². The predicted molar refractivity (Wildman–Crippen MR) is 115 cm³/mol. The first-order valence-corrected chi connectivity index (χ1v) is 10.4. The maximum absolute atomic E-state index is 13.0. The minimum absolute atomic E-state index is 0.130. The number of piperidine rings is 1. The monoisotopic (exact) mass is 408 g/mol. The molecule has 1 saturated heterocycles. The van der Waals surface area contributed by atoms with Crippen LogP contribution in [0.4, 0.5) is 5.69 Å². The van der Waals surface area contributed by atoms with Gasteiger partial charge >= 0.3 is 0 Å². The molecule has 5 nitrogen and oxygen atoms in total. The number of nitriles is 1. The highest BCUT2D eigenvalue weighted by Gasteiger charge is 2.27. The molecule has 0 aliphatic carbocycles. The van der Waals surface area contributed by atoms with E-state index in [9.17, 15) is 4.79 Å². The molecule has 2 aliphatic heterocycles. The van der Waals surface area contributed by atoms with E-state index in [4.69, 9.17) is 16.9 Å². The smallest absolute Gasteiger partial charge is 0.253 e. The molecule has 29 heavy (non-hydrogen) atoms. The predicted octanol–water partition coefficient (Wildman–Crippen LogP) is 3.90. The molecular weight excluding hydrogens is 384 g/mol. The SMILES string of the molecule is CN1Cc2ccc(C(=O)N3CCC(N(C)c4ccc(C#N)c(Cl)c4)CC3)cc2C1. The third-order valence-electron chi connectivity index (χ3n) is 6.11. The number of carbonyl (C=O) groups is 1. The standard InChI is InChI=1S/C23H25ClN4O/c1-26-14-18-4-3-16(11-19(18)15-26)23(29)28-9-7-20(8-10-28)27(2)21-6-5-17(13-25)22(24)12-21/h3-6,11-12,20H,7-10,14-15H2,1-2H3. The molecule has 0 aromatic heterocycles. The number of fused-ring (bicyclic) bond motifs is 1. The van der Waals surface area contributed by atoms with Crippen molar-refractivity contribution in [2.24, 2.45) is 0 Å². The Labute approximate surface area is 177 Å². The first kappa shape index (κ1) is 19.8. The lowest BCUT2D eigenvalue weighted by Crippen LogP contribution is -2.45. The van der Waals surface area contributed by atoms with Crippen LogP contribution in [0.2, 0.25) is 5.02 Å². The zero-order valence-electron chi connectivity index (χ0n) is 16.9. The van der Waals surface area contributed by atoms with Crippen LogP contribution in [-0.2, 0) is 13.1 Å². The Morgan fingerprint density at radius 3 is 2.55 bits per heavy atom. The van der Waals surface area contributed by atoms with Gasteiger partial charge in [-0.2, -0.15) is 5.26 Å². The fourth-order valence-corrected chi connectivity index (χ4v) is 4.58. The van der Waals surface area contributed by atoms with E-state index in [1.54, 1.807) is 6.07 Å². The second kappa shape index (κ2) is 8.06. The van der Waals surface area contributed by atoms with E-state index in [1.807, 2.05) is 23.1 Å². The van der Waals surface area contributed by atoms with Crippen LogP contribution in [0.25, 0.3) is 0 Å². The summed E-state index contributed by atoms with van der Waals surface area (Å²) >= 11 is 6.19. The lowest BCUT2D eigenvalue weighted by atomic mass is 10.0. The van der Waals surface area contributed by atoms with Gasteiger partial charge in [-0.05, 0) is 61.3 Å². The summed E-state index contributed by atoms with van der Waals surface area (Å²) in [5.74, 6) is 0.130. The van der Waals surface area contributed by atoms with E-state index in [-0.39, 0.29) is 5.91 Å². The van der Waals surface area contributed by atoms with Crippen molar-refractivity contribution in [2.75, 3.05) is 32.1 Å². The van der Waals surface area contributed by atoms with Gasteiger partial charge < -0.3 is 9.80 Å². The van der Waals surface area contributed by atoms with E-state index in [0.29, 0.717) is 16.6 Å². The van der Waals surface area contributed by atoms with Crippen molar-refractivity contribution in [3.8, 4) is 6.07 Å². The van der Waals surface area contributed by atoms with Crippen LogP contribution in [0.3, 0.4) is 0 Å². The summed E-state index contributed by atoms with van der Waals surface area (Å²) in [6.45, 7) is 3.36. The van der Waals surface area contributed by atoms with E-state index in [1.165, 1.54) is 11.1 Å². The highest BCUT2D eigenvalue weighted by molar-refractivity contribution is 6.32. The number of hydrogen-bond acceptors (Lipinski definition) is 4. The maximum Gasteiger partial charge on any atom is 0.253 e. The van der Waals surface area contributed by atoms with Gasteiger partial charge in [0.25, 0.3) is 5.91 Å². The van der Waals surface area contributed by atoms with E-state index >= 15 is 0 Å². The van der Waals surface area contributed by atoms with Crippen molar-refractivity contribution in [1.29, 1.82) is 5.26 Å². The molecule has 0 bridgehead atoms. The fraction of sp³-hybridized carbons (Fsp3) is 0.391. The second-order valence-electron chi connectivity index (χ2n) is 8.07. The first-order valence-electron chi connectivity index (χ1n) is 9.98. The Hall–Kier alpha value is -2.55. The van der Waals surface area contributed by atoms with Gasteiger partial charge in [-0.3, -0.25) is 9.69 Å². The number of hydrogen-bond donors (Lipinski definition) is 0. The molecule has 0 spiro atoms. The summed E-state index contributed by atoms with van der Waals surface area (Å²) in [4.78, 5) is 19.4. The molecule has 4 rings (SSSR count). The molecule has 1 amide bonds. The molecule has 2 aromatic carbocycles. The fourth-order valence-electron chi connectivity index (χ4n) is 4.36. The molecule has 0 atom stereocenters. The van der Waals surface area contributed by atoms with Gasteiger partial charge in [-0.25, -0.2) is 0 Å². The van der Waals surface area contributed by atoms with Gasteiger partial charge in [0, 0.05) is 50.5 Å². The van der Waals surface area contributed by atoms with Gasteiger partial charge in [-0.1, -0.05) is 17.7 Å². The summed E-state index contributed by atoms with van der Waals surface area (Å²) in [7, 11) is 4.15. The second-order valence-corrected chi connectivity index (χ2v) is 8.47. The zero-order chi connectivity index (χ0) is 20.5. The van der Waals surface area contributed by atoms with Crippen LogP contribution in [0.1, 0.15) is 39.9 Å². The van der Waals surface area contributed by atoms with Crippen molar-refractivity contribution in [3.63, 3.8) is 0 Å². The molecule has 150 valence electrons. The number of halogens is 1. The number of amides is 1. The molecule has 0 unspecified atom stereocenters. The minimum atomic E-state index is 0.130. The summed E-state index contributed by atoms with van der Waals surface area (Å²) in [5, 5.41) is 9.53. The molecule has 2 heterocycles. The van der Waals surface area contributed by atoms with Crippen LogP contribution < -0.4 is 4.90 Å². The van der Waals surface area contributed by atoms with E-state index in [0.717, 1.165) is 50.3 Å². The van der Waals surface area contributed by atoms with E-state index < -0.39 is 0 Å². The number of anilines is 1. The van der Waals surface area contributed by atoms with E-state index in [2.05, 4.69) is 42.1 Å². The largest absolute Gasteiger partial charge is 0.371 e. The highest BCUT2D eigenvalue weighted by Crippen LogP contribution is 2.28. The van der Waals surface area contributed by atoms with Crippen molar-refractivity contribution in [3.05, 3.63) is 63.7 Å². The average Bonchev–Trinajstić information content (AvgIpc) is 3.12. The van der Waals surface area contributed by atoms with Crippen molar-refractivity contribution >= 4 is 23.2 Å². The molecule has 6 heteroatoms. The normalized spacial score (nSPS) is 17.1. The Morgan fingerprint density at radius 1 is 1.14 bits per heavy atom. The molecular formula is C23H25ClN4O. The Balaban J connectivity index is 1.39. The Bertz CT molecular complexity index is 975. The van der Waals surface area contributed by atoms with Gasteiger partial charge in [0.1, 0.15) is 6.07 Å². The average molecular weight is 409 g/mol. The number of likely N-dealkylation sites (tertiary alicyclic amines) is 1. The number of rotatable bonds is 3. The van der Waals surface area contributed by atoms with Crippen LogP contribution in [0, 0.1) is 11.3 Å². The molecule has 0 saturated carbocycles. The topological polar surface area (TPSA) is 50.6 Å². The summed E-state index contributed by atoms with van der Waals surface area (Å²) < 4.78 is 0. The lowest BCUT2D eigenvalue weighted by molar-refractivity contribution is 0.0713. The third kappa shape index (κ3) is 3.96. The van der Waals surface area contributed by atoms with Gasteiger partial charge in [0.05, 0.1) is 10.6 Å². The van der Waals surface area contributed by atoms with Crippen molar-refractivity contribution < 1.29 is 4.79 Å². The van der Waals surface area contributed by atoms with Crippen molar-refractivity contribution in [1.82, 2.24) is 9.80 Å². The number of carbonyl (C=O) groups excluding carboxylic acids is 1. The number of benzene rings is 2. The first-order chi connectivity index (χ1) is 14.0. The van der Waals surface area contributed by atoms with Gasteiger partial charge in [-0.15, -0.1) is 0 Å². The minimum Gasteiger partial charge on any atom is -0.371 e. The van der Waals surface area contributed by atoms with Crippen LogP contribution in [0.5, 0.6) is 0 Å². The molecule has 0 N–H and O–H groups in total. The molecule has 2 aromatic rings. The van der Waals surface area contributed by atoms with Crippen molar-refractivity contribution in [2.45, 2.75) is 32.0 Å². The Kier molecular flexibility index (Phi) is 5.49. The third-order valence-corrected chi connectivity index (χ3v) is 6.43. The molecule has 1 fully saturated rings. The summed E-state index contributed by atoms with van der Waals surface area (Å²) in [6.07, 6.45) is 1.82. The maximum atomic E-state index is 13.0. The van der Waals surface area contributed by atoms with Gasteiger partial charge in [0.15, 0.2) is 0 Å². The van der Waals surface area contributed by atoms with Crippen LogP contribution in [-0.4, -0.2) is 48.9 Å². The summed E-state index contributed by atoms with van der Waals surface area (Å²) in [5.41, 5.74) is 4.88. The van der Waals surface area contributed by atoms with Crippen LogP contribution >= 0.6 is 11.6 Å². The number of nitrogens with zero attached hydrogens (tertiary/aromatic N) is 4. The lowest BCUT2D eigenvalue weighted by Gasteiger charge is -2.38. The van der Waals surface area contributed by atoms with Crippen LogP contribution in [0.15, 0.2) is 36.4 Å². The Morgan fingerprint density at radius 2 is 1.86 bits per heavy atom. The molecule has 2 aliphatic rings. The molecule has 0 radical (unpaired) electrons. The highest BCUT2D eigenvalue weighted by atomic mass is 35.5.